The lowest BCUT2D eigenvalue weighted by Crippen LogP contribution is -2.50. The molecule has 2 unspecified atom stereocenters. The second-order valence-electron chi connectivity index (χ2n) is 7.57. The lowest BCUT2D eigenvalue weighted by Gasteiger charge is -2.36. The van der Waals surface area contributed by atoms with E-state index in [0.717, 1.165) is 37.9 Å². The molecule has 0 spiro atoms. The van der Waals surface area contributed by atoms with Crippen LogP contribution < -0.4 is 10.2 Å². The highest BCUT2D eigenvalue weighted by Crippen LogP contribution is 2.31. The molecule has 2 atom stereocenters. The SMILES string of the molecule is C#CC(CC(=O)O)NC(=O)CN(C(=O)C1CCCN(c2ccncc2)C1)C1CC1. The van der Waals surface area contributed by atoms with Crippen LogP contribution in [0.15, 0.2) is 24.5 Å². The zero-order valence-corrected chi connectivity index (χ0v) is 16.3. The molecule has 2 aliphatic rings. The number of carboxylic acids is 1. The van der Waals surface area contributed by atoms with Crippen molar-refractivity contribution in [3.63, 3.8) is 0 Å². The number of aliphatic carboxylic acids is 1. The van der Waals surface area contributed by atoms with E-state index in [2.05, 4.69) is 21.1 Å². The summed E-state index contributed by atoms with van der Waals surface area (Å²) in [6, 6.07) is 3.06. The fourth-order valence-electron chi connectivity index (χ4n) is 3.70. The van der Waals surface area contributed by atoms with Crippen LogP contribution in [-0.4, -0.2) is 64.5 Å². The maximum absolute atomic E-state index is 13.2. The van der Waals surface area contributed by atoms with Gasteiger partial charge in [-0.25, -0.2) is 0 Å². The number of hydrogen-bond acceptors (Lipinski definition) is 5. The number of piperidine rings is 1. The number of terminal acetylenes is 1. The zero-order valence-electron chi connectivity index (χ0n) is 16.3. The van der Waals surface area contributed by atoms with Crippen molar-refractivity contribution in [3.8, 4) is 12.3 Å². The minimum Gasteiger partial charge on any atom is -0.481 e. The molecule has 1 aliphatic carbocycles. The Morgan fingerprint density at radius 1 is 1.31 bits per heavy atom. The Balaban J connectivity index is 1.61. The minimum absolute atomic E-state index is 0.0168. The normalized spacial score (nSPS) is 19.7. The molecule has 8 heteroatoms. The van der Waals surface area contributed by atoms with Crippen LogP contribution in [0.25, 0.3) is 0 Å². The summed E-state index contributed by atoms with van der Waals surface area (Å²) >= 11 is 0. The summed E-state index contributed by atoms with van der Waals surface area (Å²) in [5, 5.41) is 11.4. The summed E-state index contributed by atoms with van der Waals surface area (Å²) in [5.74, 6) is 0.579. The molecule has 1 aromatic heterocycles. The Morgan fingerprint density at radius 2 is 2.03 bits per heavy atom. The Labute approximate surface area is 170 Å². The predicted molar refractivity (Wildman–Crippen MR) is 107 cm³/mol. The number of aromatic nitrogens is 1. The van der Waals surface area contributed by atoms with Gasteiger partial charge in [-0.2, -0.15) is 0 Å². The number of anilines is 1. The van der Waals surface area contributed by atoms with Crippen molar-refractivity contribution >= 4 is 23.5 Å². The summed E-state index contributed by atoms with van der Waals surface area (Å²) in [6.45, 7) is 1.41. The molecular weight excluding hydrogens is 372 g/mol. The molecule has 154 valence electrons. The maximum Gasteiger partial charge on any atom is 0.306 e. The number of carboxylic acid groups (broad SMARTS) is 1. The van der Waals surface area contributed by atoms with E-state index in [0.29, 0.717) is 6.54 Å². The van der Waals surface area contributed by atoms with Crippen molar-refractivity contribution in [1.29, 1.82) is 0 Å². The molecule has 1 aliphatic heterocycles. The quantitative estimate of drug-likeness (QED) is 0.631. The highest BCUT2D eigenvalue weighted by atomic mass is 16.4. The molecular formula is C21H26N4O4. The summed E-state index contributed by atoms with van der Waals surface area (Å²) in [6.07, 6.45) is 11.9. The topological polar surface area (TPSA) is 103 Å². The first-order valence-electron chi connectivity index (χ1n) is 9.90. The van der Waals surface area contributed by atoms with Crippen LogP contribution in [0.3, 0.4) is 0 Å². The van der Waals surface area contributed by atoms with Gasteiger partial charge in [0.1, 0.15) is 6.04 Å². The lowest BCUT2D eigenvalue weighted by molar-refractivity contribution is -0.141. The van der Waals surface area contributed by atoms with E-state index in [1.165, 1.54) is 0 Å². The molecule has 29 heavy (non-hydrogen) atoms. The van der Waals surface area contributed by atoms with Gasteiger partial charge < -0.3 is 20.2 Å². The van der Waals surface area contributed by atoms with Crippen molar-refractivity contribution < 1.29 is 19.5 Å². The molecule has 0 aromatic carbocycles. The van der Waals surface area contributed by atoms with Crippen molar-refractivity contribution in [1.82, 2.24) is 15.2 Å². The average molecular weight is 398 g/mol. The number of nitrogens with zero attached hydrogens (tertiary/aromatic N) is 3. The molecule has 1 saturated heterocycles. The molecule has 1 aromatic rings. The molecule has 8 nitrogen and oxygen atoms in total. The Bertz CT molecular complexity index is 788. The van der Waals surface area contributed by atoms with E-state index in [1.54, 1.807) is 17.3 Å². The van der Waals surface area contributed by atoms with E-state index >= 15 is 0 Å². The molecule has 2 heterocycles. The third kappa shape index (κ3) is 5.70. The van der Waals surface area contributed by atoms with Gasteiger partial charge in [0.15, 0.2) is 0 Å². The number of carbonyl (C=O) groups excluding carboxylic acids is 2. The Kier molecular flexibility index (Phi) is 6.70. The number of hydrogen-bond donors (Lipinski definition) is 2. The number of carbonyl (C=O) groups is 3. The van der Waals surface area contributed by atoms with E-state index in [4.69, 9.17) is 11.5 Å². The van der Waals surface area contributed by atoms with Crippen LogP contribution in [0.1, 0.15) is 32.1 Å². The average Bonchev–Trinajstić information content (AvgIpc) is 3.56. The monoisotopic (exact) mass is 398 g/mol. The first-order valence-corrected chi connectivity index (χ1v) is 9.90. The fraction of sp³-hybridized carbons (Fsp3) is 0.524. The van der Waals surface area contributed by atoms with Crippen molar-refractivity contribution in [2.75, 3.05) is 24.5 Å². The first-order chi connectivity index (χ1) is 14.0. The van der Waals surface area contributed by atoms with Crippen molar-refractivity contribution in [2.24, 2.45) is 5.92 Å². The van der Waals surface area contributed by atoms with Gasteiger partial charge in [-0.1, -0.05) is 5.92 Å². The van der Waals surface area contributed by atoms with Crippen LogP contribution in [0.4, 0.5) is 5.69 Å². The largest absolute Gasteiger partial charge is 0.481 e. The van der Waals surface area contributed by atoms with E-state index in [9.17, 15) is 14.4 Å². The predicted octanol–water partition coefficient (Wildman–Crippen LogP) is 0.882. The third-order valence-electron chi connectivity index (χ3n) is 5.30. The van der Waals surface area contributed by atoms with Crippen LogP contribution >= 0.6 is 0 Å². The molecule has 2 N–H and O–H groups in total. The van der Waals surface area contributed by atoms with Gasteiger partial charge >= 0.3 is 5.97 Å². The first kappa shape index (κ1) is 20.6. The summed E-state index contributed by atoms with van der Waals surface area (Å²) in [7, 11) is 0. The van der Waals surface area contributed by atoms with Crippen LogP contribution in [-0.2, 0) is 14.4 Å². The molecule has 3 rings (SSSR count). The van der Waals surface area contributed by atoms with Crippen LogP contribution in [0.5, 0.6) is 0 Å². The molecule has 0 bridgehead atoms. The van der Waals surface area contributed by atoms with Gasteiger partial charge in [-0.3, -0.25) is 19.4 Å². The van der Waals surface area contributed by atoms with Gasteiger partial charge in [0.2, 0.25) is 11.8 Å². The molecule has 2 fully saturated rings. The van der Waals surface area contributed by atoms with Gasteiger partial charge in [0, 0.05) is 37.2 Å². The van der Waals surface area contributed by atoms with E-state index in [-0.39, 0.29) is 30.8 Å². The summed E-state index contributed by atoms with van der Waals surface area (Å²) < 4.78 is 0. The van der Waals surface area contributed by atoms with Gasteiger partial charge in [0.05, 0.1) is 18.9 Å². The smallest absolute Gasteiger partial charge is 0.306 e. The highest BCUT2D eigenvalue weighted by Gasteiger charge is 2.38. The number of amides is 2. The fourth-order valence-corrected chi connectivity index (χ4v) is 3.70. The summed E-state index contributed by atoms with van der Waals surface area (Å²) in [4.78, 5) is 44.3. The van der Waals surface area contributed by atoms with Gasteiger partial charge in [0.25, 0.3) is 0 Å². The Hall–Kier alpha value is -3.08. The zero-order chi connectivity index (χ0) is 20.8. The van der Waals surface area contributed by atoms with E-state index < -0.39 is 17.9 Å². The number of nitrogens with one attached hydrogen (secondary N) is 1. The molecule has 0 radical (unpaired) electrons. The van der Waals surface area contributed by atoms with Crippen LogP contribution in [0, 0.1) is 18.3 Å². The van der Waals surface area contributed by atoms with Gasteiger partial charge in [-0.05, 0) is 37.8 Å². The number of rotatable bonds is 8. The third-order valence-corrected chi connectivity index (χ3v) is 5.30. The summed E-state index contributed by atoms with van der Waals surface area (Å²) in [5.41, 5.74) is 1.04. The van der Waals surface area contributed by atoms with Crippen molar-refractivity contribution in [3.05, 3.63) is 24.5 Å². The molecule has 1 saturated carbocycles. The minimum atomic E-state index is -1.08. The van der Waals surface area contributed by atoms with Gasteiger partial charge in [-0.15, -0.1) is 6.42 Å². The second-order valence-corrected chi connectivity index (χ2v) is 7.57. The van der Waals surface area contributed by atoms with Crippen molar-refractivity contribution in [2.45, 2.75) is 44.2 Å². The highest BCUT2D eigenvalue weighted by molar-refractivity contribution is 5.87. The van der Waals surface area contributed by atoms with E-state index in [1.807, 2.05) is 12.1 Å². The lowest BCUT2D eigenvalue weighted by atomic mass is 9.96. The van der Waals surface area contributed by atoms with Crippen LogP contribution in [0.2, 0.25) is 0 Å². The Morgan fingerprint density at radius 3 is 2.66 bits per heavy atom. The molecule has 2 amide bonds. The standard InChI is InChI=1S/C21H26N4O4/c1-2-16(12-20(27)28)23-19(26)14-25(18-5-6-18)21(29)15-4-3-11-24(13-15)17-7-9-22-10-8-17/h1,7-10,15-16,18H,3-6,11-14H2,(H,23,26)(H,27,28). The number of pyridine rings is 1. The second kappa shape index (κ2) is 9.41. The maximum atomic E-state index is 13.2.